The van der Waals surface area contributed by atoms with Crippen LogP contribution < -0.4 is 4.90 Å². The molecule has 0 saturated carbocycles. The van der Waals surface area contributed by atoms with Crippen molar-refractivity contribution >= 4 is 17.4 Å². The first-order valence-electron chi connectivity index (χ1n) is 7.26. The molecular weight excluding hydrogens is 292 g/mol. The van der Waals surface area contributed by atoms with Crippen molar-refractivity contribution in [2.24, 2.45) is 0 Å². The fraction of sp³-hybridized carbons (Fsp3) is 0.167. The lowest BCUT2D eigenvalue weighted by molar-refractivity contribution is -0.135. The lowest BCUT2D eigenvalue weighted by Gasteiger charge is -2.22. The maximum Gasteiger partial charge on any atom is 0.264 e. The van der Waals surface area contributed by atoms with Crippen LogP contribution in [0, 0.1) is 0 Å². The summed E-state index contributed by atoms with van der Waals surface area (Å²) in [4.78, 5) is 30.5. The molecule has 0 bridgehead atoms. The SMILES string of the molecule is C=CCN1C(=O)C(O)(CC(=O)c2ccncc2)c2ccccc21. The number of anilines is 1. The van der Waals surface area contributed by atoms with E-state index in [9.17, 15) is 14.7 Å². The standard InChI is InChI=1S/C18H16N2O3/c1-2-11-20-15-6-4-3-5-14(15)18(23,17(20)22)12-16(21)13-7-9-19-10-8-13/h2-10,23H,1,11-12H2. The molecule has 0 spiro atoms. The summed E-state index contributed by atoms with van der Waals surface area (Å²) in [7, 11) is 0. The third-order valence-electron chi connectivity index (χ3n) is 3.97. The fourth-order valence-electron chi connectivity index (χ4n) is 2.86. The topological polar surface area (TPSA) is 70.5 Å². The monoisotopic (exact) mass is 308 g/mol. The van der Waals surface area contributed by atoms with E-state index in [0.717, 1.165) is 0 Å². The number of nitrogens with zero attached hydrogens (tertiary/aromatic N) is 2. The first kappa shape index (κ1) is 15.1. The van der Waals surface area contributed by atoms with Crippen molar-refractivity contribution in [2.45, 2.75) is 12.0 Å². The summed E-state index contributed by atoms with van der Waals surface area (Å²) in [6.45, 7) is 3.92. The highest BCUT2D eigenvalue weighted by Gasteiger charge is 2.50. The van der Waals surface area contributed by atoms with Crippen molar-refractivity contribution in [1.82, 2.24) is 4.98 Å². The van der Waals surface area contributed by atoms with Gasteiger partial charge in [-0.1, -0.05) is 24.3 Å². The number of pyridine rings is 1. The fourth-order valence-corrected chi connectivity index (χ4v) is 2.86. The van der Waals surface area contributed by atoms with Crippen LogP contribution in [0.1, 0.15) is 22.3 Å². The number of carbonyl (C=O) groups excluding carboxylic acids is 2. The van der Waals surface area contributed by atoms with E-state index in [-0.39, 0.29) is 18.7 Å². The first-order valence-corrected chi connectivity index (χ1v) is 7.26. The van der Waals surface area contributed by atoms with Gasteiger partial charge in [-0.25, -0.2) is 0 Å². The Labute approximate surface area is 133 Å². The van der Waals surface area contributed by atoms with Gasteiger partial charge in [-0.05, 0) is 18.2 Å². The van der Waals surface area contributed by atoms with E-state index in [1.54, 1.807) is 42.5 Å². The number of rotatable bonds is 5. The third kappa shape index (κ3) is 2.45. The largest absolute Gasteiger partial charge is 0.375 e. The number of para-hydroxylation sites is 1. The van der Waals surface area contributed by atoms with Gasteiger partial charge in [0.25, 0.3) is 5.91 Å². The normalized spacial score (nSPS) is 19.5. The molecule has 23 heavy (non-hydrogen) atoms. The molecule has 0 fully saturated rings. The zero-order valence-corrected chi connectivity index (χ0v) is 12.5. The Balaban J connectivity index is 1.99. The molecule has 0 saturated heterocycles. The van der Waals surface area contributed by atoms with Gasteiger partial charge in [0.05, 0.1) is 12.1 Å². The molecule has 5 nitrogen and oxygen atoms in total. The van der Waals surface area contributed by atoms with E-state index in [2.05, 4.69) is 11.6 Å². The van der Waals surface area contributed by atoms with E-state index in [4.69, 9.17) is 0 Å². The Morgan fingerprint density at radius 1 is 1.26 bits per heavy atom. The molecule has 1 aromatic heterocycles. The van der Waals surface area contributed by atoms with Gasteiger partial charge in [0.1, 0.15) is 0 Å². The molecule has 1 aromatic carbocycles. The highest BCUT2D eigenvalue weighted by atomic mass is 16.3. The van der Waals surface area contributed by atoms with Gasteiger partial charge in [-0.3, -0.25) is 14.6 Å². The lowest BCUT2D eigenvalue weighted by Crippen LogP contribution is -2.41. The van der Waals surface area contributed by atoms with Crippen LogP contribution >= 0.6 is 0 Å². The molecule has 1 unspecified atom stereocenters. The minimum atomic E-state index is -1.85. The van der Waals surface area contributed by atoms with Crippen LogP contribution in [0.3, 0.4) is 0 Å². The Hall–Kier alpha value is -2.79. The van der Waals surface area contributed by atoms with Gasteiger partial charge in [-0.15, -0.1) is 6.58 Å². The van der Waals surface area contributed by atoms with Crippen molar-refractivity contribution in [3.8, 4) is 0 Å². The van der Waals surface area contributed by atoms with E-state index in [1.165, 1.54) is 17.3 Å². The van der Waals surface area contributed by atoms with Crippen LogP contribution in [0.2, 0.25) is 0 Å². The summed E-state index contributed by atoms with van der Waals surface area (Å²) in [5, 5.41) is 11.0. The van der Waals surface area contributed by atoms with Gasteiger partial charge in [0.2, 0.25) is 0 Å². The average molecular weight is 308 g/mol. The van der Waals surface area contributed by atoms with Crippen LogP contribution in [0.25, 0.3) is 0 Å². The summed E-state index contributed by atoms with van der Waals surface area (Å²) in [6, 6.07) is 10.1. The quantitative estimate of drug-likeness (QED) is 0.678. The predicted octanol–water partition coefficient (Wildman–Crippen LogP) is 2.07. The van der Waals surface area contributed by atoms with Crippen LogP contribution in [0.4, 0.5) is 5.69 Å². The van der Waals surface area contributed by atoms with Crippen molar-refractivity contribution in [1.29, 1.82) is 0 Å². The minimum absolute atomic E-state index is 0.279. The average Bonchev–Trinajstić information content (AvgIpc) is 2.78. The second-order valence-corrected chi connectivity index (χ2v) is 5.42. The van der Waals surface area contributed by atoms with Gasteiger partial charge in [0.15, 0.2) is 11.4 Å². The molecule has 1 atom stereocenters. The number of aliphatic hydroxyl groups is 1. The summed E-state index contributed by atoms with van der Waals surface area (Å²) in [5.74, 6) is -0.806. The van der Waals surface area contributed by atoms with Crippen LogP contribution in [0.15, 0.2) is 61.4 Å². The summed E-state index contributed by atoms with van der Waals surface area (Å²) in [5.41, 5.74) is -0.363. The smallest absolute Gasteiger partial charge is 0.264 e. The molecule has 3 rings (SSSR count). The first-order chi connectivity index (χ1) is 11.1. The zero-order chi connectivity index (χ0) is 16.4. The molecule has 1 aliphatic heterocycles. The number of amides is 1. The van der Waals surface area contributed by atoms with E-state index >= 15 is 0 Å². The lowest BCUT2D eigenvalue weighted by atomic mass is 9.88. The summed E-state index contributed by atoms with van der Waals surface area (Å²) in [6.07, 6.45) is 4.29. The van der Waals surface area contributed by atoms with Crippen LogP contribution in [-0.4, -0.2) is 28.3 Å². The van der Waals surface area contributed by atoms with Gasteiger partial charge >= 0.3 is 0 Å². The van der Waals surface area contributed by atoms with Crippen molar-refractivity contribution in [3.63, 3.8) is 0 Å². The Kier molecular flexibility index (Phi) is 3.80. The number of benzene rings is 1. The van der Waals surface area contributed by atoms with Crippen LogP contribution in [-0.2, 0) is 10.4 Å². The number of ketones is 1. The van der Waals surface area contributed by atoms with Crippen molar-refractivity contribution < 1.29 is 14.7 Å². The maximum atomic E-state index is 12.7. The number of hydrogen-bond acceptors (Lipinski definition) is 4. The Morgan fingerprint density at radius 2 is 1.96 bits per heavy atom. The van der Waals surface area contributed by atoms with Gasteiger partial charge in [-0.2, -0.15) is 0 Å². The molecule has 2 aromatic rings. The number of aromatic nitrogens is 1. The van der Waals surface area contributed by atoms with Crippen LogP contribution in [0.5, 0.6) is 0 Å². The third-order valence-corrected chi connectivity index (χ3v) is 3.97. The summed E-state index contributed by atoms with van der Waals surface area (Å²) < 4.78 is 0. The van der Waals surface area contributed by atoms with E-state index in [1.807, 2.05) is 0 Å². The number of carbonyl (C=O) groups is 2. The molecule has 1 N–H and O–H groups in total. The minimum Gasteiger partial charge on any atom is -0.375 e. The second-order valence-electron chi connectivity index (χ2n) is 5.42. The second kappa shape index (κ2) is 5.78. The zero-order valence-electron chi connectivity index (χ0n) is 12.5. The molecule has 5 heteroatoms. The molecule has 1 aliphatic rings. The Morgan fingerprint density at radius 3 is 2.65 bits per heavy atom. The Bertz CT molecular complexity index is 773. The van der Waals surface area contributed by atoms with E-state index < -0.39 is 11.5 Å². The summed E-state index contributed by atoms with van der Waals surface area (Å²) >= 11 is 0. The molecule has 2 heterocycles. The molecule has 0 radical (unpaired) electrons. The predicted molar refractivity (Wildman–Crippen MR) is 86.1 cm³/mol. The maximum absolute atomic E-state index is 12.7. The number of hydrogen-bond donors (Lipinski definition) is 1. The molecule has 116 valence electrons. The molecule has 0 aliphatic carbocycles. The number of fused-ring (bicyclic) bond motifs is 1. The van der Waals surface area contributed by atoms with Gasteiger partial charge in [0, 0.05) is 30.1 Å². The van der Waals surface area contributed by atoms with Crippen molar-refractivity contribution in [3.05, 3.63) is 72.6 Å². The van der Waals surface area contributed by atoms with Gasteiger partial charge < -0.3 is 10.0 Å². The number of Topliss-reactive ketones (excluding diaryl/α,β-unsaturated/α-hetero) is 1. The highest BCUT2D eigenvalue weighted by Crippen LogP contribution is 2.42. The molecule has 1 amide bonds. The highest BCUT2D eigenvalue weighted by molar-refractivity contribution is 6.10. The molecular formula is C18H16N2O3. The van der Waals surface area contributed by atoms with E-state index in [0.29, 0.717) is 16.8 Å². The van der Waals surface area contributed by atoms with Crippen molar-refractivity contribution in [2.75, 3.05) is 11.4 Å².